The van der Waals surface area contributed by atoms with Crippen LogP contribution >= 0.6 is 0 Å². The van der Waals surface area contributed by atoms with E-state index in [1.807, 2.05) is 6.92 Å². The van der Waals surface area contributed by atoms with E-state index in [2.05, 4.69) is 16.1 Å². The number of ketones is 1. The predicted octanol–water partition coefficient (Wildman–Crippen LogP) is -0.941. The second-order valence-electron chi connectivity index (χ2n) is 8.05. The van der Waals surface area contributed by atoms with Crippen molar-refractivity contribution in [3.8, 4) is 0 Å². The molecule has 0 saturated carbocycles. The minimum absolute atomic E-state index is 0.0290. The smallest absolute Gasteiger partial charge is 0.303 e. The number of rotatable bonds is 16. The van der Waals surface area contributed by atoms with Crippen LogP contribution in [0.15, 0.2) is 0 Å². The Hall–Kier alpha value is -1.92. The van der Waals surface area contributed by atoms with Crippen molar-refractivity contribution < 1.29 is 24.3 Å². The number of carbonyl (C=O) groups is 4. The Labute approximate surface area is 183 Å². The second kappa shape index (κ2) is 14.2. The van der Waals surface area contributed by atoms with Gasteiger partial charge in [-0.2, -0.15) is 0 Å². The van der Waals surface area contributed by atoms with E-state index in [0.717, 1.165) is 12.7 Å². The molecule has 1 unspecified atom stereocenters. The molecule has 4 atom stereocenters. The number of nitrogens with two attached hydrogens (primary N) is 2. The van der Waals surface area contributed by atoms with Gasteiger partial charge in [-0.25, -0.2) is 10.4 Å². The molecule has 0 aromatic carbocycles. The fourth-order valence-corrected chi connectivity index (χ4v) is 3.49. The average Bonchev–Trinajstić information content (AvgIpc) is 3.18. The molecular weight excluding hydrogens is 404 g/mol. The van der Waals surface area contributed by atoms with Gasteiger partial charge in [-0.3, -0.25) is 19.7 Å². The lowest BCUT2D eigenvalue weighted by atomic mass is 9.94. The highest BCUT2D eigenvalue weighted by Crippen LogP contribution is 2.15. The molecule has 0 aromatic heterocycles. The molecule has 0 spiro atoms. The van der Waals surface area contributed by atoms with Gasteiger partial charge >= 0.3 is 5.97 Å². The van der Waals surface area contributed by atoms with Crippen LogP contribution in [0.4, 0.5) is 0 Å². The maximum Gasteiger partial charge on any atom is 0.303 e. The second-order valence-corrected chi connectivity index (χ2v) is 8.05. The molecule has 11 heteroatoms. The van der Waals surface area contributed by atoms with Crippen LogP contribution in [0.3, 0.4) is 0 Å². The predicted molar refractivity (Wildman–Crippen MR) is 115 cm³/mol. The van der Waals surface area contributed by atoms with Gasteiger partial charge in [0.05, 0.1) is 12.1 Å². The van der Waals surface area contributed by atoms with E-state index in [4.69, 9.17) is 16.6 Å². The Morgan fingerprint density at radius 1 is 1.23 bits per heavy atom. The number of aldehydes is 1. The number of aliphatic carboxylic acids is 1. The number of carbonyl (C=O) groups excluding carboxylic acids is 3. The van der Waals surface area contributed by atoms with Gasteiger partial charge in [0.15, 0.2) is 5.78 Å². The van der Waals surface area contributed by atoms with Crippen molar-refractivity contribution in [3.05, 3.63) is 0 Å². The maximum atomic E-state index is 13.1. The highest BCUT2D eigenvalue weighted by atomic mass is 16.4. The zero-order chi connectivity index (χ0) is 23.4. The third kappa shape index (κ3) is 9.83. The van der Waals surface area contributed by atoms with Crippen molar-refractivity contribution >= 4 is 23.9 Å². The number of nitrogens with one attached hydrogen (secondary N) is 3. The first-order valence-electron chi connectivity index (χ1n) is 11.0. The minimum Gasteiger partial charge on any atom is -0.481 e. The highest BCUT2D eigenvalue weighted by Gasteiger charge is 2.31. The summed E-state index contributed by atoms with van der Waals surface area (Å²) in [7, 11) is 0. The van der Waals surface area contributed by atoms with Gasteiger partial charge in [-0.15, -0.1) is 0 Å². The van der Waals surface area contributed by atoms with Crippen LogP contribution in [-0.2, 0) is 19.2 Å². The molecule has 1 rings (SSSR count). The molecule has 1 saturated heterocycles. The van der Waals surface area contributed by atoms with Crippen LogP contribution in [0.2, 0.25) is 0 Å². The van der Waals surface area contributed by atoms with Crippen molar-refractivity contribution in [1.29, 1.82) is 0 Å². The summed E-state index contributed by atoms with van der Waals surface area (Å²) in [6, 6.07) is -1.87. The molecule has 178 valence electrons. The molecule has 31 heavy (non-hydrogen) atoms. The van der Waals surface area contributed by atoms with Gasteiger partial charge in [0.1, 0.15) is 18.6 Å². The van der Waals surface area contributed by atoms with Crippen LogP contribution in [0.1, 0.15) is 58.8 Å². The number of nitrogens with zero attached hydrogens (tertiary/aromatic N) is 1. The quantitative estimate of drug-likeness (QED) is 0.0991. The Kier molecular flexibility index (Phi) is 12.4. The number of carboxylic acids is 1. The zero-order valence-electron chi connectivity index (χ0n) is 18.5. The number of amides is 1. The van der Waals surface area contributed by atoms with Gasteiger partial charge in [0.2, 0.25) is 5.91 Å². The minimum atomic E-state index is -1.03. The number of Topliss-reactive ketones (excluding diaryl/α,β-unsaturated/α-hetero) is 1. The highest BCUT2D eigenvalue weighted by molar-refractivity contribution is 5.92. The van der Waals surface area contributed by atoms with Gasteiger partial charge in [-0.05, 0) is 45.1 Å². The molecule has 1 heterocycles. The zero-order valence-corrected chi connectivity index (χ0v) is 18.5. The molecule has 0 bridgehead atoms. The molecule has 1 aliphatic rings. The van der Waals surface area contributed by atoms with Crippen LogP contribution in [0.5, 0.6) is 0 Å². The summed E-state index contributed by atoms with van der Waals surface area (Å²) in [6.45, 7) is 4.76. The van der Waals surface area contributed by atoms with E-state index in [9.17, 15) is 19.2 Å². The summed E-state index contributed by atoms with van der Waals surface area (Å²) < 4.78 is 0. The first kappa shape index (κ1) is 27.1. The van der Waals surface area contributed by atoms with Crippen molar-refractivity contribution in [2.45, 2.75) is 83.2 Å². The molecule has 0 aliphatic carbocycles. The van der Waals surface area contributed by atoms with Gasteiger partial charge < -0.3 is 26.7 Å². The molecular formula is C20H38N6O5. The number of hydrazine groups is 1. The summed E-state index contributed by atoms with van der Waals surface area (Å²) in [6.07, 6.45) is 3.14. The van der Waals surface area contributed by atoms with Crippen molar-refractivity contribution in [2.24, 2.45) is 17.4 Å². The SMILES string of the molecule is CCC(C)C(=O)[C@H](CCC(=O)O)NC(=O)[C@H](CCCNC(N)N)NN1CCC[C@H]1C=O. The van der Waals surface area contributed by atoms with Crippen molar-refractivity contribution in [3.63, 3.8) is 0 Å². The molecule has 1 aliphatic heterocycles. The molecule has 0 radical (unpaired) electrons. The Morgan fingerprint density at radius 3 is 2.52 bits per heavy atom. The van der Waals surface area contributed by atoms with E-state index in [0.29, 0.717) is 38.8 Å². The normalized spacial score (nSPS) is 19.7. The first-order valence-corrected chi connectivity index (χ1v) is 11.0. The number of hydrogen-bond acceptors (Lipinski definition) is 9. The fraction of sp³-hybridized carbons (Fsp3) is 0.800. The van der Waals surface area contributed by atoms with E-state index >= 15 is 0 Å². The first-order chi connectivity index (χ1) is 14.7. The largest absolute Gasteiger partial charge is 0.481 e. The third-order valence-corrected chi connectivity index (χ3v) is 5.55. The summed E-state index contributed by atoms with van der Waals surface area (Å²) in [5.41, 5.74) is 14.1. The standard InChI is InChI=1S/C20H38N6O5/c1-3-13(2)18(30)15(8-9-17(28)29)24-19(31)16(7-4-10-23-20(21)22)25-26-11-5-6-14(26)12-27/h12-16,20,23,25H,3-11,21-22H2,1-2H3,(H,24,31)(H,28,29)/t13?,14-,15-,16-/m0/s1. The van der Waals surface area contributed by atoms with Crippen molar-refractivity contribution in [1.82, 2.24) is 21.1 Å². The Bertz CT molecular complexity index is 603. The Morgan fingerprint density at radius 2 is 1.94 bits per heavy atom. The van der Waals surface area contributed by atoms with Crippen LogP contribution in [0.25, 0.3) is 0 Å². The van der Waals surface area contributed by atoms with Gasteiger partial charge in [-0.1, -0.05) is 13.8 Å². The summed E-state index contributed by atoms with van der Waals surface area (Å²) in [5.74, 6) is -1.90. The topological polar surface area (TPSA) is 180 Å². The summed E-state index contributed by atoms with van der Waals surface area (Å²) >= 11 is 0. The fourth-order valence-electron chi connectivity index (χ4n) is 3.49. The third-order valence-electron chi connectivity index (χ3n) is 5.55. The van der Waals surface area contributed by atoms with Crippen LogP contribution < -0.4 is 27.5 Å². The summed E-state index contributed by atoms with van der Waals surface area (Å²) in [4.78, 5) is 48.1. The van der Waals surface area contributed by atoms with Crippen LogP contribution in [-0.4, -0.2) is 71.6 Å². The lowest BCUT2D eigenvalue weighted by molar-refractivity contribution is -0.138. The number of carboxylic acid groups (broad SMARTS) is 1. The van der Waals surface area contributed by atoms with Gasteiger partial charge in [0, 0.05) is 18.9 Å². The lowest BCUT2D eigenvalue weighted by Gasteiger charge is -2.29. The number of hydrogen-bond donors (Lipinski definition) is 6. The lowest BCUT2D eigenvalue weighted by Crippen LogP contribution is -2.56. The van der Waals surface area contributed by atoms with E-state index in [-0.39, 0.29) is 30.6 Å². The molecule has 1 amide bonds. The van der Waals surface area contributed by atoms with E-state index in [1.165, 1.54) is 0 Å². The molecule has 0 aromatic rings. The average molecular weight is 443 g/mol. The Balaban J connectivity index is 2.87. The van der Waals surface area contributed by atoms with E-state index < -0.39 is 30.2 Å². The van der Waals surface area contributed by atoms with Crippen molar-refractivity contribution in [2.75, 3.05) is 13.1 Å². The van der Waals surface area contributed by atoms with E-state index in [1.54, 1.807) is 11.9 Å². The van der Waals surface area contributed by atoms with Gasteiger partial charge in [0.25, 0.3) is 0 Å². The maximum absolute atomic E-state index is 13.1. The van der Waals surface area contributed by atoms with Crippen LogP contribution in [0, 0.1) is 5.92 Å². The molecule has 11 nitrogen and oxygen atoms in total. The molecule has 8 N–H and O–H groups in total. The summed E-state index contributed by atoms with van der Waals surface area (Å²) in [5, 5.41) is 16.4. The monoisotopic (exact) mass is 442 g/mol. The molecule has 1 fully saturated rings.